The van der Waals surface area contributed by atoms with Gasteiger partial charge in [-0.3, -0.25) is 0 Å². The van der Waals surface area contributed by atoms with Crippen molar-refractivity contribution >= 4 is 0 Å². The third-order valence-corrected chi connectivity index (χ3v) is 3.09. The Bertz CT molecular complexity index is 299. The monoisotopic (exact) mass is 235 g/mol. The highest BCUT2D eigenvalue weighted by Crippen LogP contribution is 2.19. The van der Waals surface area contributed by atoms with E-state index in [1.165, 1.54) is 32.1 Å². The minimum atomic E-state index is 0.499. The molecule has 2 rings (SSSR count). The van der Waals surface area contributed by atoms with Gasteiger partial charge in [0.1, 0.15) is 5.82 Å². The second kappa shape index (κ2) is 7.35. The molecule has 0 amide bonds. The second-order valence-corrected chi connectivity index (χ2v) is 4.47. The highest BCUT2D eigenvalue weighted by Gasteiger charge is 2.12. The second-order valence-electron chi connectivity index (χ2n) is 4.47. The molecule has 0 atom stereocenters. The lowest BCUT2D eigenvalue weighted by molar-refractivity contribution is 0.0302. The van der Waals surface area contributed by atoms with Gasteiger partial charge in [0, 0.05) is 18.9 Å². The Morgan fingerprint density at radius 2 is 1.94 bits per heavy atom. The summed E-state index contributed by atoms with van der Waals surface area (Å²) >= 11 is 0. The minimum Gasteiger partial charge on any atom is -0.377 e. The first-order valence-corrected chi connectivity index (χ1v) is 6.53. The van der Waals surface area contributed by atoms with Gasteiger partial charge in [0.15, 0.2) is 0 Å². The van der Waals surface area contributed by atoms with Gasteiger partial charge in [0.2, 0.25) is 0 Å². The number of rotatable bonds is 6. The average molecular weight is 235 g/mol. The van der Waals surface area contributed by atoms with Crippen LogP contribution in [0.1, 0.15) is 37.9 Å². The Hall–Kier alpha value is -1.00. The molecule has 0 aromatic carbocycles. The van der Waals surface area contributed by atoms with E-state index < -0.39 is 0 Å². The van der Waals surface area contributed by atoms with Gasteiger partial charge < -0.3 is 10.1 Å². The van der Waals surface area contributed by atoms with E-state index in [2.05, 4.69) is 15.3 Å². The number of hydrogen-bond acceptors (Lipinski definition) is 4. The first-order chi connectivity index (χ1) is 8.45. The van der Waals surface area contributed by atoms with Crippen LogP contribution in [0.15, 0.2) is 18.5 Å². The van der Waals surface area contributed by atoms with Crippen LogP contribution in [0.4, 0.5) is 0 Å². The Kier molecular flexibility index (Phi) is 5.39. The zero-order chi connectivity index (χ0) is 11.8. The van der Waals surface area contributed by atoms with Crippen molar-refractivity contribution in [2.24, 2.45) is 0 Å². The van der Waals surface area contributed by atoms with Gasteiger partial charge in [-0.2, -0.15) is 0 Å². The summed E-state index contributed by atoms with van der Waals surface area (Å²) in [7, 11) is 0. The molecule has 1 saturated carbocycles. The molecule has 1 aliphatic rings. The summed E-state index contributed by atoms with van der Waals surface area (Å²) < 4.78 is 5.82. The predicted molar refractivity (Wildman–Crippen MR) is 66.6 cm³/mol. The quantitative estimate of drug-likeness (QED) is 0.765. The van der Waals surface area contributed by atoms with Crippen molar-refractivity contribution in [2.45, 2.75) is 44.8 Å². The number of ether oxygens (including phenoxy) is 1. The predicted octanol–water partition coefficient (Wildman–Crippen LogP) is 1.92. The molecule has 17 heavy (non-hydrogen) atoms. The summed E-state index contributed by atoms with van der Waals surface area (Å²) in [6.45, 7) is 2.38. The fraction of sp³-hybridized carbons (Fsp3) is 0.692. The highest BCUT2D eigenvalue weighted by molar-refractivity contribution is 4.87. The lowest BCUT2D eigenvalue weighted by Gasteiger charge is -2.21. The van der Waals surface area contributed by atoms with Crippen LogP contribution >= 0.6 is 0 Å². The Morgan fingerprint density at radius 1 is 1.18 bits per heavy atom. The molecule has 1 N–H and O–H groups in total. The average Bonchev–Trinajstić information content (AvgIpc) is 2.41. The molecule has 0 unspecified atom stereocenters. The van der Waals surface area contributed by atoms with Crippen LogP contribution < -0.4 is 5.32 Å². The van der Waals surface area contributed by atoms with E-state index in [9.17, 15) is 0 Å². The Labute approximate surface area is 103 Å². The van der Waals surface area contributed by atoms with Crippen molar-refractivity contribution in [3.8, 4) is 0 Å². The number of hydrogen-bond donors (Lipinski definition) is 1. The van der Waals surface area contributed by atoms with Crippen LogP contribution in [0.5, 0.6) is 0 Å². The maximum Gasteiger partial charge on any atom is 0.141 e. The van der Waals surface area contributed by atoms with Gasteiger partial charge >= 0.3 is 0 Å². The first kappa shape index (κ1) is 12.5. The maximum absolute atomic E-state index is 5.82. The van der Waals surface area contributed by atoms with Gasteiger partial charge in [-0.1, -0.05) is 19.3 Å². The lowest BCUT2D eigenvalue weighted by Crippen LogP contribution is -2.24. The molecule has 94 valence electrons. The van der Waals surface area contributed by atoms with Crippen LogP contribution in [-0.2, 0) is 11.3 Å². The van der Waals surface area contributed by atoms with E-state index >= 15 is 0 Å². The molecule has 0 saturated heterocycles. The molecule has 1 aliphatic carbocycles. The van der Waals surface area contributed by atoms with Gasteiger partial charge in [-0.15, -0.1) is 0 Å². The van der Waals surface area contributed by atoms with E-state index in [4.69, 9.17) is 4.74 Å². The summed E-state index contributed by atoms with van der Waals surface area (Å²) in [5, 5.41) is 3.29. The topological polar surface area (TPSA) is 47.0 Å². The smallest absolute Gasteiger partial charge is 0.141 e. The molecule has 1 fully saturated rings. The van der Waals surface area contributed by atoms with Gasteiger partial charge in [-0.25, -0.2) is 9.97 Å². The first-order valence-electron chi connectivity index (χ1n) is 6.53. The molecule has 1 aromatic heterocycles. The molecule has 1 aromatic rings. The van der Waals surface area contributed by atoms with E-state index in [0.29, 0.717) is 6.10 Å². The van der Waals surface area contributed by atoms with E-state index in [0.717, 1.165) is 25.5 Å². The Morgan fingerprint density at radius 3 is 2.71 bits per heavy atom. The van der Waals surface area contributed by atoms with E-state index in [1.807, 2.05) is 6.07 Å². The summed E-state index contributed by atoms with van der Waals surface area (Å²) in [5.74, 6) is 0.838. The molecule has 0 bridgehead atoms. The highest BCUT2D eigenvalue weighted by atomic mass is 16.5. The Balaban J connectivity index is 1.51. The summed E-state index contributed by atoms with van der Waals surface area (Å²) in [6.07, 6.45) is 10.5. The van der Waals surface area contributed by atoms with Crippen molar-refractivity contribution in [1.82, 2.24) is 15.3 Å². The van der Waals surface area contributed by atoms with E-state index in [1.54, 1.807) is 12.4 Å². The maximum atomic E-state index is 5.82. The number of nitrogens with zero attached hydrogens (tertiary/aromatic N) is 2. The van der Waals surface area contributed by atoms with Crippen LogP contribution in [-0.4, -0.2) is 29.2 Å². The number of nitrogens with one attached hydrogen (secondary N) is 1. The molecule has 4 heteroatoms. The van der Waals surface area contributed by atoms with Crippen LogP contribution in [0, 0.1) is 0 Å². The van der Waals surface area contributed by atoms with Crippen LogP contribution in [0.3, 0.4) is 0 Å². The van der Waals surface area contributed by atoms with Crippen molar-refractivity contribution in [2.75, 3.05) is 13.2 Å². The molecular formula is C13H21N3O. The van der Waals surface area contributed by atoms with Crippen LogP contribution in [0.25, 0.3) is 0 Å². The van der Waals surface area contributed by atoms with E-state index in [-0.39, 0.29) is 0 Å². The third-order valence-electron chi connectivity index (χ3n) is 3.09. The normalized spacial score (nSPS) is 17.2. The SMILES string of the molecule is c1cnc(CNCCOC2CCCCC2)nc1. The van der Waals surface area contributed by atoms with Gasteiger partial charge in [0.05, 0.1) is 19.3 Å². The summed E-state index contributed by atoms with van der Waals surface area (Å²) in [6, 6.07) is 1.83. The fourth-order valence-electron chi connectivity index (χ4n) is 2.15. The summed E-state index contributed by atoms with van der Waals surface area (Å²) in [4.78, 5) is 8.30. The zero-order valence-electron chi connectivity index (χ0n) is 10.3. The zero-order valence-corrected chi connectivity index (χ0v) is 10.3. The van der Waals surface area contributed by atoms with Crippen molar-refractivity contribution < 1.29 is 4.74 Å². The van der Waals surface area contributed by atoms with Crippen molar-refractivity contribution in [3.63, 3.8) is 0 Å². The largest absolute Gasteiger partial charge is 0.377 e. The number of aromatic nitrogens is 2. The molecule has 1 heterocycles. The minimum absolute atomic E-state index is 0.499. The van der Waals surface area contributed by atoms with Crippen LogP contribution in [0.2, 0.25) is 0 Å². The standard InChI is InChI=1S/C13H21N3O/c1-2-5-12(6-3-1)17-10-9-14-11-13-15-7-4-8-16-13/h4,7-8,12,14H,1-3,5-6,9-11H2. The van der Waals surface area contributed by atoms with Crippen molar-refractivity contribution in [1.29, 1.82) is 0 Å². The lowest BCUT2D eigenvalue weighted by atomic mass is 9.98. The molecule has 0 spiro atoms. The molecule has 4 nitrogen and oxygen atoms in total. The third kappa shape index (κ3) is 4.79. The molecule has 0 aliphatic heterocycles. The van der Waals surface area contributed by atoms with Gasteiger partial charge in [-0.05, 0) is 18.9 Å². The fourth-order valence-corrected chi connectivity index (χ4v) is 2.15. The summed E-state index contributed by atoms with van der Waals surface area (Å²) in [5.41, 5.74) is 0. The van der Waals surface area contributed by atoms with Crippen molar-refractivity contribution in [3.05, 3.63) is 24.3 Å². The van der Waals surface area contributed by atoms with Gasteiger partial charge in [0.25, 0.3) is 0 Å². The molecular weight excluding hydrogens is 214 g/mol. The molecule has 0 radical (unpaired) electrons.